The van der Waals surface area contributed by atoms with E-state index in [1.54, 1.807) is 12.1 Å². The molecule has 0 aliphatic heterocycles. The monoisotopic (exact) mass is 288 g/mol. The van der Waals surface area contributed by atoms with E-state index < -0.39 is 9.84 Å². The number of benzene rings is 2. The molecule has 20 heavy (non-hydrogen) atoms. The van der Waals surface area contributed by atoms with Crippen molar-refractivity contribution in [3.05, 3.63) is 59.7 Å². The van der Waals surface area contributed by atoms with Crippen molar-refractivity contribution in [2.75, 3.05) is 11.6 Å². The van der Waals surface area contributed by atoms with Crippen molar-refractivity contribution in [2.24, 2.45) is 0 Å². The predicted molar refractivity (Wildman–Crippen MR) is 81.2 cm³/mol. The summed E-state index contributed by atoms with van der Waals surface area (Å²) < 4.78 is 22.7. The molecule has 0 amide bonds. The van der Waals surface area contributed by atoms with Crippen LogP contribution in [0.25, 0.3) is 0 Å². The molecule has 0 aliphatic carbocycles. The average Bonchev–Trinajstić information content (AvgIpc) is 2.40. The first-order valence-electron chi connectivity index (χ1n) is 6.09. The topological polar surface area (TPSA) is 70.0 Å². The molecule has 5 heteroatoms. The molecule has 0 spiro atoms. The van der Waals surface area contributed by atoms with E-state index in [4.69, 9.17) is 5.41 Å². The van der Waals surface area contributed by atoms with Gasteiger partial charge in [0, 0.05) is 17.5 Å². The van der Waals surface area contributed by atoms with Gasteiger partial charge in [-0.25, -0.2) is 8.42 Å². The first kappa shape index (κ1) is 14.3. The Morgan fingerprint density at radius 3 is 2.05 bits per heavy atom. The van der Waals surface area contributed by atoms with Crippen molar-refractivity contribution in [3.8, 4) is 0 Å². The molecule has 4 nitrogen and oxygen atoms in total. The van der Waals surface area contributed by atoms with Gasteiger partial charge in [0.15, 0.2) is 9.84 Å². The highest BCUT2D eigenvalue weighted by Crippen LogP contribution is 2.13. The molecule has 2 aromatic rings. The smallest absolute Gasteiger partial charge is 0.175 e. The highest BCUT2D eigenvalue weighted by molar-refractivity contribution is 7.90. The van der Waals surface area contributed by atoms with Gasteiger partial charge in [-0.2, -0.15) is 0 Å². The second kappa shape index (κ2) is 5.46. The van der Waals surface area contributed by atoms with Gasteiger partial charge in [-0.1, -0.05) is 17.7 Å². The second-order valence-electron chi connectivity index (χ2n) is 4.66. The van der Waals surface area contributed by atoms with Crippen LogP contribution < -0.4 is 5.32 Å². The summed E-state index contributed by atoms with van der Waals surface area (Å²) in [6.07, 6.45) is 1.16. The minimum atomic E-state index is -3.20. The van der Waals surface area contributed by atoms with Gasteiger partial charge in [-0.05, 0) is 43.3 Å². The SMILES string of the molecule is Cc1ccc(NC(=N)c2ccc(S(C)(=O)=O)cc2)cc1. The standard InChI is InChI=1S/C15H16N2O2S/c1-11-3-7-13(8-4-11)17-15(16)12-5-9-14(10-6-12)20(2,18)19/h3-10H,1-2H3,(H2,16,17). The number of rotatable bonds is 3. The summed E-state index contributed by atoms with van der Waals surface area (Å²) in [5.74, 6) is 0.230. The molecule has 0 aliphatic rings. The Labute approximate surface area is 118 Å². The second-order valence-corrected chi connectivity index (χ2v) is 6.68. The van der Waals surface area contributed by atoms with E-state index in [9.17, 15) is 8.42 Å². The molecule has 0 fully saturated rings. The third-order valence-electron chi connectivity index (χ3n) is 2.89. The van der Waals surface area contributed by atoms with Crippen molar-refractivity contribution >= 4 is 21.4 Å². The molecule has 0 unspecified atom stereocenters. The van der Waals surface area contributed by atoms with E-state index in [1.807, 2.05) is 31.2 Å². The van der Waals surface area contributed by atoms with E-state index in [1.165, 1.54) is 12.1 Å². The Hall–Kier alpha value is -2.14. The lowest BCUT2D eigenvalue weighted by Crippen LogP contribution is -2.12. The van der Waals surface area contributed by atoms with Gasteiger partial charge in [-0.3, -0.25) is 5.41 Å². The van der Waals surface area contributed by atoms with Crippen LogP contribution in [0.2, 0.25) is 0 Å². The highest BCUT2D eigenvalue weighted by Gasteiger charge is 2.08. The number of amidine groups is 1. The van der Waals surface area contributed by atoms with Crippen molar-refractivity contribution < 1.29 is 8.42 Å². The van der Waals surface area contributed by atoms with Crippen LogP contribution >= 0.6 is 0 Å². The number of nitrogens with one attached hydrogen (secondary N) is 2. The van der Waals surface area contributed by atoms with Gasteiger partial charge in [0.25, 0.3) is 0 Å². The fourth-order valence-electron chi connectivity index (χ4n) is 1.72. The average molecular weight is 288 g/mol. The third kappa shape index (κ3) is 3.45. The molecule has 0 radical (unpaired) electrons. The summed E-state index contributed by atoms with van der Waals surface area (Å²) in [6.45, 7) is 2.00. The van der Waals surface area contributed by atoms with E-state index in [0.717, 1.165) is 17.5 Å². The number of hydrogen-bond donors (Lipinski definition) is 2. The largest absolute Gasteiger partial charge is 0.340 e. The van der Waals surface area contributed by atoms with Gasteiger partial charge in [0.05, 0.1) is 4.90 Å². The molecule has 104 valence electrons. The quantitative estimate of drug-likeness (QED) is 0.674. The number of anilines is 1. The third-order valence-corrected chi connectivity index (χ3v) is 4.02. The summed E-state index contributed by atoms with van der Waals surface area (Å²) in [7, 11) is -3.20. The zero-order valence-electron chi connectivity index (χ0n) is 11.3. The molecule has 0 heterocycles. The fraction of sp³-hybridized carbons (Fsp3) is 0.133. The fourth-order valence-corrected chi connectivity index (χ4v) is 2.35. The molecule has 0 atom stereocenters. The van der Waals surface area contributed by atoms with Crippen LogP contribution in [0, 0.1) is 12.3 Å². The zero-order chi connectivity index (χ0) is 14.8. The molecule has 2 aromatic carbocycles. The zero-order valence-corrected chi connectivity index (χ0v) is 12.2. The number of hydrogen-bond acceptors (Lipinski definition) is 3. The maximum atomic E-state index is 11.4. The summed E-state index contributed by atoms with van der Waals surface area (Å²) in [4.78, 5) is 0.254. The Morgan fingerprint density at radius 2 is 1.55 bits per heavy atom. The van der Waals surface area contributed by atoms with Crippen molar-refractivity contribution in [1.82, 2.24) is 0 Å². The molecule has 0 saturated heterocycles. The van der Waals surface area contributed by atoms with Crippen LogP contribution in [0.5, 0.6) is 0 Å². The minimum Gasteiger partial charge on any atom is -0.340 e. The van der Waals surface area contributed by atoms with Crippen LogP contribution in [0.4, 0.5) is 5.69 Å². The van der Waals surface area contributed by atoms with Crippen LogP contribution in [0.15, 0.2) is 53.4 Å². The van der Waals surface area contributed by atoms with Crippen molar-refractivity contribution in [1.29, 1.82) is 5.41 Å². The normalized spacial score (nSPS) is 11.1. The molecule has 2 rings (SSSR count). The number of aryl methyl sites for hydroxylation is 1. The van der Waals surface area contributed by atoms with Crippen LogP contribution in [0.1, 0.15) is 11.1 Å². The lowest BCUT2D eigenvalue weighted by atomic mass is 10.2. The highest BCUT2D eigenvalue weighted by atomic mass is 32.2. The molecule has 0 bridgehead atoms. The Kier molecular flexibility index (Phi) is 3.90. The van der Waals surface area contributed by atoms with Gasteiger partial charge in [0.2, 0.25) is 0 Å². The van der Waals surface area contributed by atoms with Gasteiger partial charge in [-0.15, -0.1) is 0 Å². The maximum Gasteiger partial charge on any atom is 0.175 e. The summed E-state index contributed by atoms with van der Waals surface area (Å²) in [6, 6.07) is 14.0. The van der Waals surface area contributed by atoms with Crippen LogP contribution in [-0.4, -0.2) is 20.5 Å². The predicted octanol–water partition coefficient (Wildman–Crippen LogP) is 2.84. The Bertz CT molecular complexity index is 717. The summed E-state index contributed by atoms with van der Waals surface area (Å²) in [5, 5.41) is 11.0. The van der Waals surface area contributed by atoms with Crippen molar-refractivity contribution in [2.45, 2.75) is 11.8 Å². The molecule has 0 aromatic heterocycles. The van der Waals surface area contributed by atoms with Gasteiger partial charge in [0.1, 0.15) is 5.84 Å². The van der Waals surface area contributed by atoms with Gasteiger partial charge < -0.3 is 5.32 Å². The molecule has 2 N–H and O–H groups in total. The lowest BCUT2D eigenvalue weighted by molar-refractivity contribution is 0.602. The first-order valence-corrected chi connectivity index (χ1v) is 7.98. The lowest BCUT2D eigenvalue weighted by Gasteiger charge is -2.09. The van der Waals surface area contributed by atoms with E-state index in [2.05, 4.69) is 5.32 Å². The Morgan fingerprint density at radius 1 is 1.00 bits per heavy atom. The summed E-state index contributed by atoms with van der Waals surface area (Å²) in [5.41, 5.74) is 2.62. The maximum absolute atomic E-state index is 11.4. The van der Waals surface area contributed by atoms with E-state index >= 15 is 0 Å². The van der Waals surface area contributed by atoms with Crippen molar-refractivity contribution in [3.63, 3.8) is 0 Å². The molecular weight excluding hydrogens is 272 g/mol. The Balaban J connectivity index is 2.15. The van der Waals surface area contributed by atoms with E-state index in [-0.39, 0.29) is 10.7 Å². The minimum absolute atomic E-state index is 0.230. The summed E-state index contributed by atoms with van der Waals surface area (Å²) >= 11 is 0. The van der Waals surface area contributed by atoms with Crippen LogP contribution in [-0.2, 0) is 9.84 Å². The first-order chi connectivity index (χ1) is 9.36. The molecular formula is C15H16N2O2S. The van der Waals surface area contributed by atoms with Crippen LogP contribution in [0.3, 0.4) is 0 Å². The van der Waals surface area contributed by atoms with E-state index in [0.29, 0.717) is 5.56 Å². The molecule has 0 saturated carbocycles. The number of sulfone groups is 1. The van der Waals surface area contributed by atoms with Gasteiger partial charge >= 0.3 is 0 Å².